The number of hydrogen-bond donors (Lipinski definition) is 2. The Balaban J connectivity index is 2.04. The van der Waals surface area contributed by atoms with Crippen molar-refractivity contribution in [1.29, 1.82) is 0 Å². The molecule has 132 valence electrons. The number of rotatable bonds is 7. The first-order valence-corrected chi connectivity index (χ1v) is 8.40. The summed E-state index contributed by atoms with van der Waals surface area (Å²) in [5, 5.41) is 12.0. The molecule has 0 radical (unpaired) electrons. The molecule has 5 heteroatoms. The number of carbonyl (C=O) groups excluding carboxylic acids is 1. The molecule has 1 amide bonds. The summed E-state index contributed by atoms with van der Waals surface area (Å²) in [6, 6.07) is 14.9. The first-order valence-electron chi connectivity index (χ1n) is 8.40. The maximum absolute atomic E-state index is 12.1. The van der Waals surface area contributed by atoms with Crippen molar-refractivity contribution >= 4 is 17.7 Å². The lowest BCUT2D eigenvalue weighted by atomic mass is 9.98. The number of ether oxygens (including phenoxy) is 1. The summed E-state index contributed by atoms with van der Waals surface area (Å²) in [5.74, 6) is -0.962. The van der Waals surface area contributed by atoms with Crippen molar-refractivity contribution in [3.8, 4) is 0 Å². The largest absolute Gasteiger partial charge is 0.478 e. The summed E-state index contributed by atoms with van der Waals surface area (Å²) in [5.41, 5.74) is 2.14. The Morgan fingerprint density at radius 2 is 1.80 bits per heavy atom. The van der Waals surface area contributed by atoms with Gasteiger partial charge in [-0.3, -0.25) is 5.32 Å². The van der Waals surface area contributed by atoms with Gasteiger partial charge in [-0.2, -0.15) is 0 Å². The summed E-state index contributed by atoms with van der Waals surface area (Å²) in [6.45, 7) is 4.14. The number of aryl methyl sites for hydroxylation is 1. The van der Waals surface area contributed by atoms with Crippen molar-refractivity contribution in [2.24, 2.45) is 0 Å². The summed E-state index contributed by atoms with van der Waals surface area (Å²) in [7, 11) is 0. The van der Waals surface area contributed by atoms with Gasteiger partial charge in [0, 0.05) is 5.92 Å². The van der Waals surface area contributed by atoms with Crippen molar-refractivity contribution in [2.45, 2.75) is 32.6 Å². The molecule has 0 bridgehead atoms. The highest BCUT2D eigenvalue weighted by atomic mass is 16.5. The predicted octanol–water partition coefficient (Wildman–Crippen LogP) is 4.69. The molecule has 0 spiro atoms. The zero-order chi connectivity index (χ0) is 18.2. The molecule has 2 aromatic carbocycles. The zero-order valence-corrected chi connectivity index (χ0v) is 14.5. The fraction of sp³-hybridized carbons (Fsp3) is 0.300. The molecule has 2 rings (SSSR count). The maximum Gasteiger partial charge on any atom is 0.411 e. The lowest BCUT2D eigenvalue weighted by molar-refractivity contribution is 0.0697. The van der Waals surface area contributed by atoms with E-state index in [1.807, 2.05) is 44.2 Å². The number of carboxylic acid groups (broad SMARTS) is 1. The molecule has 0 aromatic heterocycles. The van der Waals surface area contributed by atoms with E-state index in [4.69, 9.17) is 4.74 Å². The third-order valence-corrected chi connectivity index (χ3v) is 4.16. The van der Waals surface area contributed by atoms with Crippen LogP contribution < -0.4 is 5.32 Å². The average Bonchev–Trinajstić information content (AvgIpc) is 2.62. The second-order valence-corrected chi connectivity index (χ2v) is 5.74. The van der Waals surface area contributed by atoms with Crippen LogP contribution in [0.5, 0.6) is 0 Å². The van der Waals surface area contributed by atoms with Gasteiger partial charge in [-0.15, -0.1) is 0 Å². The van der Waals surface area contributed by atoms with Gasteiger partial charge in [-0.05, 0) is 30.0 Å². The van der Waals surface area contributed by atoms with Crippen molar-refractivity contribution in [1.82, 2.24) is 0 Å². The van der Waals surface area contributed by atoms with Crippen molar-refractivity contribution in [3.05, 3.63) is 65.2 Å². The number of nitrogens with one attached hydrogen (secondary N) is 1. The molecule has 0 aliphatic rings. The van der Waals surface area contributed by atoms with Gasteiger partial charge in [0.2, 0.25) is 0 Å². The number of benzene rings is 2. The molecule has 2 aromatic rings. The fourth-order valence-corrected chi connectivity index (χ4v) is 2.75. The monoisotopic (exact) mass is 341 g/mol. The number of carboxylic acids is 1. The zero-order valence-electron chi connectivity index (χ0n) is 14.5. The Morgan fingerprint density at radius 1 is 1.08 bits per heavy atom. The Labute approximate surface area is 147 Å². The summed E-state index contributed by atoms with van der Waals surface area (Å²) in [4.78, 5) is 23.6. The summed E-state index contributed by atoms with van der Waals surface area (Å²) in [6.07, 6.45) is 0.756. The topological polar surface area (TPSA) is 75.6 Å². The Hall–Kier alpha value is -2.82. The van der Waals surface area contributed by atoms with Gasteiger partial charge in [-0.25, -0.2) is 9.59 Å². The molecule has 1 atom stereocenters. The molecule has 0 saturated carbocycles. The molecular formula is C20H23NO4. The van der Waals surface area contributed by atoms with E-state index in [0.29, 0.717) is 12.0 Å². The maximum atomic E-state index is 12.1. The van der Waals surface area contributed by atoms with Crippen LogP contribution in [0.15, 0.2) is 48.5 Å². The molecule has 25 heavy (non-hydrogen) atoms. The minimum atomic E-state index is -1.07. The number of carbonyl (C=O) groups is 2. The van der Waals surface area contributed by atoms with Crippen LogP contribution in [0.4, 0.5) is 10.5 Å². The van der Waals surface area contributed by atoms with Gasteiger partial charge in [0.1, 0.15) is 6.61 Å². The van der Waals surface area contributed by atoms with Crippen LogP contribution in [0.2, 0.25) is 0 Å². The van der Waals surface area contributed by atoms with Gasteiger partial charge >= 0.3 is 12.1 Å². The molecular weight excluding hydrogens is 318 g/mol. The van der Waals surface area contributed by atoms with E-state index in [1.54, 1.807) is 18.2 Å². The smallest absolute Gasteiger partial charge is 0.411 e. The van der Waals surface area contributed by atoms with Crippen LogP contribution in [0.25, 0.3) is 0 Å². The van der Waals surface area contributed by atoms with Crippen LogP contribution in [0, 0.1) is 0 Å². The van der Waals surface area contributed by atoms with Gasteiger partial charge in [-0.1, -0.05) is 56.3 Å². The van der Waals surface area contributed by atoms with Crippen LogP contribution in [-0.4, -0.2) is 23.8 Å². The molecule has 1 unspecified atom stereocenters. The summed E-state index contributed by atoms with van der Waals surface area (Å²) >= 11 is 0. The minimum absolute atomic E-state index is 0.105. The molecule has 0 aliphatic carbocycles. The molecule has 5 nitrogen and oxygen atoms in total. The number of hydrogen-bond acceptors (Lipinski definition) is 3. The van der Waals surface area contributed by atoms with Gasteiger partial charge in [0.25, 0.3) is 0 Å². The third-order valence-electron chi connectivity index (χ3n) is 4.16. The van der Waals surface area contributed by atoms with Crippen molar-refractivity contribution < 1.29 is 19.4 Å². The highest BCUT2D eigenvalue weighted by molar-refractivity contribution is 6.00. The molecule has 0 heterocycles. The lowest BCUT2D eigenvalue weighted by Gasteiger charge is -2.16. The Morgan fingerprint density at radius 3 is 2.40 bits per heavy atom. The highest BCUT2D eigenvalue weighted by Crippen LogP contribution is 2.22. The SMILES string of the molecule is CCc1cccc(NC(=O)OCC(CC)c2ccccc2)c1C(=O)O. The average molecular weight is 341 g/mol. The number of anilines is 1. The number of aromatic carboxylic acids is 1. The van der Waals surface area contributed by atoms with Crippen molar-refractivity contribution in [2.75, 3.05) is 11.9 Å². The second-order valence-electron chi connectivity index (χ2n) is 5.74. The van der Waals surface area contributed by atoms with Crippen LogP contribution >= 0.6 is 0 Å². The lowest BCUT2D eigenvalue weighted by Crippen LogP contribution is -2.20. The van der Waals surface area contributed by atoms with E-state index in [-0.39, 0.29) is 23.8 Å². The molecule has 0 saturated heterocycles. The fourth-order valence-electron chi connectivity index (χ4n) is 2.75. The standard InChI is InChI=1S/C20H23NO4/c1-3-14-11-8-12-17(18(14)19(22)23)21-20(24)25-13-15(4-2)16-9-6-5-7-10-16/h5-12,15H,3-4,13H2,1-2H3,(H,21,24)(H,22,23). The van der Waals surface area contributed by atoms with Crippen LogP contribution in [0.3, 0.4) is 0 Å². The quantitative estimate of drug-likeness (QED) is 0.766. The third kappa shape index (κ3) is 4.83. The normalized spacial score (nSPS) is 11.6. The Bertz CT molecular complexity index is 728. The molecule has 0 fully saturated rings. The molecule has 2 N–H and O–H groups in total. The second kappa shape index (κ2) is 8.87. The van der Waals surface area contributed by atoms with Crippen molar-refractivity contribution in [3.63, 3.8) is 0 Å². The van der Waals surface area contributed by atoms with Crippen LogP contribution in [0.1, 0.15) is 47.7 Å². The first kappa shape index (κ1) is 18.5. The number of amides is 1. The van der Waals surface area contributed by atoms with E-state index in [1.165, 1.54) is 0 Å². The van der Waals surface area contributed by atoms with Crippen LogP contribution in [-0.2, 0) is 11.2 Å². The predicted molar refractivity (Wildman–Crippen MR) is 97.2 cm³/mol. The highest BCUT2D eigenvalue weighted by Gasteiger charge is 2.18. The van der Waals surface area contributed by atoms with Gasteiger partial charge in [0.05, 0.1) is 11.3 Å². The summed E-state index contributed by atoms with van der Waals surface area (Å²) < 4.78 is 5.32. The van der Waals surface area contributed by atoms with E-state index in [2.05, 4.69) is 5.32 Å². The van der Waals surface area contributed by atoms with Gasteiger partial charge < -0.3 is 9.84 Å². The van der Waals surface area contributed by atoms with E-state index in [9.17, 15) is 14.7 Å². The Kier molecular flexibility index (Phi) is 6.57. The van der Waals surface area contributed by atoms with E-state index < -0.39 is 12.1 Å². The minimum Gasteiger partial charge on any atom is -0.478 e. The van der Waals surface area contributed by atoms with E-state index in [0.717, 1.165) is 12.0 Å². The van der Waals surface area contributed by atoms with Gasteiger partial charge in [0.15, 0.2) is 0 Å². The van der Waals surface area contributed by atoms with E-state index >= 15 is 0 Å². The first-order chi connectivity index (χ1) is 12.1. The molecule has 0 aliphatic heterocycles.